The molecule has 1 heterocycles. The Hall–Kier alpha value is -2.41. The number of nitrogens with one attached hydrogen (secondary N) is 1. The lowest BCUT2D eigenvalue weighted by atomic mass is 9.84. The first-order chi connectivity index (χ1) is 11.0. The maximum absolute atomic E-state index is 12.3. The Labute approximate surface area is 133 Å². The molecule has 1 N–H and O–H groups in total. The van der Waals surface area contributed by atoms with E-state index in [1.807, 2.05) is 30.3 Å². The summed E-state index contributed by atoms with van der Waals surface area (Å²) in [5, 5.41) is 3.01. The van der Waals surface area contributed by atoms with E-state index in [1.165, 1.54) is 21.3 Å². The van der Waals surface area contributed by atoms with Crippen LogP contribution in [0.5, 0.6) is 0 Å². The van der Waals surface area contributed by atoms with Crippen LogP contribution in [0.3, 0.4) is 0 Å². The summed E-state index contributed by atoms with van der Waals surface area (Å²) in [6.07, 6.45) is 0. The van der Waals surface area contributed by atoms with Gasteiger partial charge in [-0.3, -0.25) is 19.7 Å². The molecule has 124 valence electrons. The van der Waals surface area contributed by atoms with Crippen LogP contribution < -0.4 is 5.32 Å². The van der Waals surface area contributed by atoms with E-state index in [1.54, 1.807) is 0 Å². The van der Waals surface area contributed by atoms with E-state index in [-0.39, 0.29) is 0 Å². The van der Waals surface area contributed by atoms with E-state index >= 15 is 0 Å². The van der Waals surface area contributed by atoms with Gasteiger partial charge >= 0.3 is 17.9 Å². The Morgan fingerprint density at radius 1 is 0.826 bits per heavy atom. The van der Waals surface area contributed by atoms with E-state index in [0.29, 0.717) is 0 Å². The summed E-state index contributed by atoms with van der Waals surface area (Å²) in [7, 11) is 3.67. The summed E-state index contributed by atoms with van der Waals surface area (Å²) < 4.78 is 14.4. The monoisotopic (exact) mass is 321 g/mol. The van der Waals surface area contributed by atoms with Crippen molar-refractivity contribution in [2.75, 3.05) is 21.3 Å². The Bertz CT molecular complexity index is 587. The molecule has 0 spiro atoms. The zero-order valence-corrected chi connectivity index (χ0v) is 13.1. The lowest BCUT2D eigenvalue weighted by Gasteiger charge is -2.21. The normalized spacial score (nSPS) is 26.4. The number of hydrogen-bond acceptors (Lipinski definition) is 7. The maximum atomic E-state index is 12.3. The zero-order valence-electron chi connectivity index (χ0n) is 13.1. The minimum atomic E-state index is -1.02. The minimum Gasteiger partial charge on any atom is -0.469 e. The molecule has 23 heavy (non-hydrogen) atoms. The van der Waals surface area contributed by atoms with Gasteiger partial charge in [0.05, 0.1) is 33.2 Å². The molecule has 0 radical (unpaired) electrons. The van der Waals surface area contributed by atoms with E-state index in [2.05, 4.69) is 5.32 Å². The number of rotatable bonds is 4. The molecular formula is C16H19NO6. The highest BCUT2D eigenvalue weighted by Crippen LogP contribution is 2.39. The van der Waals surface area contributed by atoms with Gasteiger partial charge in [-0.1, -0.05) is 30.3 Å². The van der Waals surface area contributed by atoms with Gasteiger partial charge in [0.2, 0.25) is 0 Å². The van der Waals surface area contributed by atoms with Gasteiger partial charge in [0.15, 0.2) is 0 Å². The summed E-state index contributed by atoms with van der Waals surface area (Å²) in [6, 6.07) is 7.52. The lowest BCUT2D eigenvalue weighted by molar-refractivity contribution is -0.159. The molecule has 2 rings (SSSR count). The molecular weight excluding hydrogens is 302 g/mol. The number of esters is 3. The summed E-state index contributed by atoms with van der Waals surface area (Å²) in [4.78, 5) is 36.5. The van der Waals surface area contributed by atoms with Crippen LogP contribution in [0.1, 0.15) is 11.6 Å². The molecule has 1 fully saturated rings. The van der Waals surface area contributed by atoms with Crippen molar-refractivity contribution in [2.24, 2.45) is 11.8 Å². The molecule has 1 aromatic carbocycles. The van der Waals surface area contributed by atoms with Crippen molar-refractivity contribution in [1.29, 1.82) is 0 Å². The second-order valence-electron chi connectivity index (χ2n) is 5.15. The summed E-state index contributed by atoms with van der Waals surface area (Å²) in [5.74, 6) is -3.80. The minimum absolute atomic E-state index is 0.558. The topological polar surface area (TPSA) is 90.9 Å². The van der Waals surface area contributed by atoms with Crippen LogP contribution in [0, 0.1) is 11.8 Å². The van der Waals surface area contributed by atoms with Crippen LogP contribution in [0.4, 0.5) is 0 Å². The van der Waals surface area contributed by atoms with E-state index in [4.69, 9.17) is 14.2 Å². The van der Waals surface area contributed by atoms with E-state index < -0.39 is 41.8 Å². The summed E-state index contributed by atoms with van der Waals surface area (Å²) in [5.41, 5.74) is 0.767. The second-order valence-corrected chi connectivity index (χ2v) is 5.15. The van der Waals surface area contributed by atoms with Crippen molar-refractivity contribution < 1.29 is 28.6 Å². The first kappa shape index (κ1) is 17.0. The van der Waals surface area contributed by atoms with E-state index in [0.717, 1.165) is 5.56 Å². The summed E-state index contributed by atoms with van der Waals surface area (Å²) in [6.45, 7) is 0. The van der Waals surface area contributed by atoms with Crippen LogP contribution >= 0.6 is 0 Å². The van der Waals surface area contributed by atoms with Crippen molar-refractivity contribution >= 4 is 17.9 Å². The van der Waals surface area contributed by atoms with Crippen molar-refractivity contribution in [2.45, 2.75) is 12.1 Å². The Kier molecular flexibility index (Phi) is 5.33. The third kappa shape index (κ3) is 3.19. The third-order valence-electron chi connectivity index (χ3n) is 4.02. The van der Waals surface area contributed by atoms with Crippen LogP contribution in [0.25, 0.3) is 0 Å². The molecule has 0 unspecified atom stereocenters. The molecule has 0 saturated carbocycles. The molecule has 7 heteroatoms. The second kappa shape index (κ2) is 7.23. The molecule has 0 bridgehead atoms. The molecule has 1 aliphatic heterocycles. The first-order valence-electron chi connectivity index (χ1n) is 7.09. The third-order valence-corrected chi connectivity index (χ3v) is 4.02. The number of carbonyl (C=O) groups is 3. The van der Waals surface area contributed by atoms with Crippen molar-refractivity contribution in [1.82, 2.24) is 5.32 Å². The number of benzene rings is 1. The largest absolute Gasteiger partial charge is 0.469 e. The lowest BCUT2D eigenvalue weighted by Crippen LogP contribution is -2.42. The zero-order chi connectivity index (χ0) is 17.0. The van der Waals surface area contributed by atoms with Gasteiger partial charge in [0.1, 0.15) is 6.04 Å². The Balaban J connectivity index is 2.47. The fourth-order valence-corrected chi connectivity index (χ4v) is 2.96. The molecule has 1 aromatic rings. The number of ether oxygens (including phenoxy) is 3. The Morgan fingerprint density at radius 3 is 1.87 bits per heavy atom. The van der Waals surface area contributed by atoms with Crippen LogP contribution in [0.2, 0.25) is 0 Å². The van der Waals surface area contributed by atoms with Gasteiger partial charge in [-0.25, -0.2) is 0 Å². The van der Waals surface area contributed by atoms with E-state index in [9.17, 15) is 14.4 Å². The van der Waals surface area contributed by atoms with Crippen LogP contribution in [-0.4, -0.2) is 45.3 Å². The maximum Gasteiger partial charge on any atom is 0.323 e. The number of methoxy groups -OCH3 is 3. The van der Waals surface area contributed by atoms with Gasteiger partial charge in [-0.2, -0.15) is 0 Å². The first-order valence-corrected chi connectivity index (χ1v) is 7.09. The standard InChI is InChI=1S/C16H19NO6/c1-21-14(18)10-11(15(19)22-2)13(16(20)23-3)17-12(10)9-7-5-4-6-8-9/h4-8,10-13,17H,1-3H3/t10-,11+,12-,13-/m1/s1. The Morgan fingerprint density at radius 2 is 1.35 bits per heavy atom. The van der Waals surface area contributed by atoms with Crippen molar-refractivity contribution in [3.8, 4) is 0 Å². The van der Waals surface area contributed by atoms with Crippen molar-refractivity contribution in [3.05, 3.63) is 35.9 Å². The molecule has 1 saturated heterocycles. The van der Waals surface area contributed by atoms with Gasteiger partial charge in [0, 0.05) is 6.04 Å². The molecule has 7 nitrogen and oxygen atoms in total. The van der Waals surface area contributed by atoms with Crippen LogP contribution in [-0.2, 0) is 28.6 Å². The van der Waals surface area contributed by atoms with Gasteiger partial charge in [-0.15, -0.1) is 0 Å². The highest BCUT2D eigenvalue weighted by Gasteiger charge is 2.55. The fraction of sp³-hybridized carbons (Fsp3) is 0.438. The molecule has 1 aliphatic rings. The van der Waals surface area contributed by atoms with Crippen molar-refractivity contribution in [3.63, 3.8) is 0 Å². The van der Waals surface area contributed by atoms with Gasteiger partial charge < -0.3 is 14.2 Å². The number of hydrogen-bond donors (Lipinski definition) is 1. The fourth-order valence-electron chi connectivity index (χ4n) is 2.96. The smallest absolute Gasteiger partial charge is 0.323 e. The number of carbonyl (C=O) groups excluding carboxylic acids is 3. The highest BCUT2D eigenvalue weighted by molar-refractivity contribution is 5.91. The van der Waals surface area contributed by atoms with Gasteiger partial charge in [-0.05, 0) is 5.56 Å². The molecule has 0 amide bonds. The van der Waals surface area contributed by atoms with Crippen LogP contribution in [0.15, 0.2) is 30.3 Å². The summed E-state index contributed by atoms with van der Waals surface area (Å²) >= 11 is 0. The average Bonchev–Trinajstić information content (AvgIpc) is 3.00. The molecule has 0 aliphatic carbocycles. The SMILES string of the molecule is COC(=O)[C@@H]1[C@H](C(=O)OC)[C@H](C(=O)OC)N[C@@H]1c1ccccc1. The average molecular weight is 321 g/mol. The molecule has 4 atom stereocenters. The highest BCUT2D eigenvalue weighted by atomic mass is 16.5. The predicted octanol–water partition coefficient (Wildman–Crippen LogP) is 0.451. The quantitative estimate of drug-likeness (QED) is 0.636. The van der Waals surface area contributed by atoms with Gasteiger partial charge in [0.25, 0.3) is 0 Å². The molecule has 0 aromatic heterocycles. The predicted molar refractivity (Wildman–Crippen MR) is 79.1 cm³/mol.